The molecule has 0 fully saturated rings. The lowest BCUT2D eigenvalue weighted by Gasteiger charge is -2.07. The SMILES string of the molecule is Cc1ccc(C(=O)Nc2cccc(C#CCN)n2)c(Cl)c1. The summed E-state index contributed by atoms with van der Waals surface area (Å²) in [4.78, 5) is 16.4. The molecule has 1 aromatic carbocycles. The molecule has 5 heteroatoms. The summed E-state index contributed by atoms with van der Waals surface area (Å²) in [7, 11) is 0. The summed E-state index contributed by atoms with van der Waals surface area (Å²) < 4.78 is 0. The lowest BCUT2D eigenvalue weighted by Crippen LogP contribution is -2.13. The van der Waals surface area contributed by atoms with Gasteiger partial charge in [0.25, 0.3) is 5.91 Å². The zero-order chi connectivity index (χ0) is 15.2. The zero-order valence-electron chi connectivity index (χ0n) is 11.5. The summed E-state index contributed by atoms with van der Waals surface area (Å²) in [5, 5.41) is 3.11. The molecular formula is C16H14ClN3O. The van der Waals surface area contributed by atoms with E-state index in [9.17, 15) is 4.79 Å². The van der Waals surface area contributed by atoms with Crippen LogP contribution in [0, 0.1) is 18.8 Å². The highest BCUT2D eigenvalue weighted by atomic mass is 35.5. The number of pyridine rings is 1. The fraction of sp³-hybridized carbons (Fsp3) is 0.125. The predicted octanol–water partition coefficient (Wildman–Crippen LogP) is 2.61. The van der Waals surface area contributed by atoms with Crippen LogP contribution in [0.3, 0.4) is 0 Å². The third-order valence-corrected chi connectivity index (χ3v) is 2.99. The van der Waals surface area contributed by atoms with Crippen molar-refractivity contribution in [3.8, 4) is 11.8 Å². The minimum Gasteiger partial charge on any atom is -0.320 e. The monoisotopic (exact) mass is 299 g/mol. The lowest BCUT2D eigenvalue weighted by atomic mass is 10.1. The maximum atomic E-state index is 12.2. The summed E-state index contributed by atoms with van der Waals surface area (Å²) in [5.41, 5.74) is 7.26. The second-order valence-corrected chi connectivity index (χ2v) is 4.76. The molecule has 1 aromatic heterocycles. The van der Waals surface area contributed by atoms with Crippen molar-refractivity contribution in [2.24, 2.45) is 5.73 Å². The minimum atomic E-state index is -0.309. The first-order chi connectivity index (χ1) is 10.1. The van der Waals surface area contributed by atoms with Gasteiger partial charge in [0.05, 0.1) is 17.1 Å². The van der Waals surface area contributed by atoms with Gasteiger partial charge in [-0.25, -0.2) is 4.98 Å². The average molecular weight is 300 g/mol. The number of anilines is 1. The molecule has 0 atom stereocenters. The first-order valence-corrected chi connectivity index (χ1v) is 6.71. The molecule has 106 valence electrons. The van der Waals surface area contributed by atoms with Crippen molar-refractivity contribution < 1.29 is 4.79 Å². The molecule has 0 spiro atoms. The Morgan fingerprint density at radius 1 is 1.38 bits per heavy atom. The largest absolute Gasteiger partial charge is 0.320 e. The Bertz CT molecular complexity index is 732. The van der Waals surface area contributed by atoms with E-state index >= 15 is 0 Å². The molecule has 0 saturated carbocycles. The summed E-state index contributed by atoms with van der Waals surface area (Å²) in [5.74, 6) is 5.63. The van der Waals surface area contributed by atoms with Gasteiger partial charge in [-0.05, 0) is 42.7 Å². The Morgan fingerprint density at radius 2 is 2.19 bits per heavy atom. The van der Waals surface area contributed by atoms with Gasteiger partial charge < -0.3 is 11.1 Å². The van der Waals surface area contributed by atoms with E-state index in [1.54, 1.807) is 30.3 Å². The van der Waals surface area contributed by atoms with Crippen molar-refractivity contribution in [2.75, 3.05) is 11.9 Å². The maximum Gasteiger partial charge on any atom is 0.258 e. The molecule has 0 aliphatic carbocycles. The Hall–Kier alpha value is -2.35. The fourth-order valence-corrected chi connectivity index (χ4v) is 2.02. The first kappa shape index (κ1) is 15.0. The van der Waals surface area contributed by atoms with Crippen LogP contribution in [-0.4, -0.2) is 17.4 Å². The van der Waals surface area contributed by atoms with Crippen molar-refractivity contribution in [3.63, 3.8) is 0 Å². The van der Waals surface area contributed by atoms with Crippen LogP contribution in [0.4, 0.5) is 5.82 Å². The van der Waals surface area contributed by atoms with Gasteiger partial charge in [-0.1, -0.05) is 29.7 Å². The smallest absolute Gasteiger partial charge is 0.258 e. The standard InChI is InChI=1S/C16H14ClN3O/c1-11-7-8-13(14(17)10-11)16(21)20-15-6-2-4-12(19-15)5-3-9-18/h2,4,6-8,10H,9,18H2,1H3,(H,19,20,21). The van der Waals surface area contributed by atoms with Gasteiger partial charge in [-0.15, -0.1) is 0 Å². The molecule has 0 aliphatic rings. The zero-order valence-corrected chi connectivity index (χ0v) is 12.2. The predicted molar refractivity (Wildman–Crippen MR) is 84.3 cm³/mol. The molecule has 0 aliphatic heterocycles. The second-order valence-electron chi connectivity index (χ2n) is 4.35. The van der Waals surface area contributed by atoms with Crippen molar-refractivity contribution in [2.45, 2.75) is 6.92 Å². The van der Waals surface area contributed by atoms with Crippen LogP contribution in [0.15, 0.2) is 36.4 Å². The highest BCUT2D eigenvalue weighted by molar-refractivity contribution is 6.34. The summed E-state index contributed by atoms with van der Waals surface area (Å²) in [6.45, 7) is 2.17. The van der Waals surface area contributed by atoms with Crippen LogP contribution in [0.5, 0.6) is 0 Å². The lowest BCUT2D eigenvalue weighted by molar-refractivity contribution is 0.102. The maximum absolute atomic E-state index is 12.2. The number of benzene rings is 1. The Balaban J connectivity index is 2.19. The fourth-order valence-electron chi connectivity index (χ4n) is 1.70. The van der Waals surface area contributed by atoms with Crippen molar-refractivity contribution in [1.82, 2.24) is 4.98 Å². The van der Waals surface area contributed by atoms with Gasteiger partial charge in [0.2, 0.25) is 0 Å². The van der Waals surface area contributed by atoms with E-state index in [-0.39, 0.29) is 12.5 Å². The van der Waals surface area contributed by atoms with Crippen molar-refractivity contribution in [3.05, 3.63) is 58.2 Å². The molecule has 1 amide bonds. The molecule has 0 radical (unpaired) electrons. The quantitative estimate of drug-likeness (QED) is 0.838. The van der Waals surface area contributed by atoms with Gasteiger partial charge in [0, 0.05) is 0 Å². The number of rotatable bonds is 2. The van der Waals surface area contributed by atoms with Gasteiger partial charge in [0.15, 0.2) is 0 Å². The summed E-state index contributed by atoms with van der Waals surface area (Å²) in [6.07, 6.45) is 0. The van der Waals surface area contributed by atoms with Gasteiger partial charge in [0.1, 0.15) is 11.5 Å². The van der Waals surface area contributed by atoms with E-state index in [0.717, 1.165) is 5.56 Å². The molecular weight excluding hydrogens is 286 g/mol. The number of carbonyl (C=O) groups is 1. The molecule has 0 saturated heterocycles. The number of aryl methyl sites for hydroxylation is 1. The first-order valence-electron chi connectivity index (χ1n) is 6.33. The number of hydrogen-bond acceptors (Lipinski definition) is 3. The van der Waals surface area contributed by atoms with Gasteiger partial charge in [-0.3, -0.25) is 4.79 Å². The molecule has 1 heterocycles. The number of aromatic nitrogens is 1. The highest BCUT2D eigenvalue weighted by Crippen LogP contribution is 2.18. The van der Waals surface area contributed by atoms with E-state index in [1.807, 2.05) is 13.0 Å². The Labute approximate surface area is 128 Å². The molecule has 2 rings (SSSR count). The number of hydrogen-bond donors (Lipinski definition) is 2. The summed E-state index contributed by atoms with van der Waals surface area (Å²) >= 11 is 6.07. The van der Waals surface area contributed by atoms with Gasteiger partial charge >= 0.3 is 0 Å². The number of halogens is 1. The second kappa shape index (κ2) is 6.89. The normalized spacial score (nSPS) is 9.67. The van der Waals surface area contributed by atoms with E-state index in [1.165, 1.54) is 0 Å². The van der Waals surface area contributed by atoms with E-state index in [0.29, 0.717) is 22.1 Å². The van der Waals surface area contributed by atoms with Crippen molar-refractivity contribution >= 4 is 23.3 Å². The third-order valence-electron chi connectivity index (χ3n) is 2.68. The molecule has 3 N–H and O–H groups in total. The summed E-state index contributed by atoms with van der Waals surface area (Å²) in [6, 6.07) is 10.5. The minimum absolute atomic E-state index is 0.261. The Morgan fingerprint density at radius 3 is 2.90 bits per heavy atom. The molecule has 2 aromatic rings. The van der Waals surface area contributed by atoms with Crippen molar-refractivity contribution in [1.29, 1.82) is 0 Å². The average Bonchev–Trinajstić information content (AvgIpc) is 2.45. The number of nitrogens with two attached hydrogens (primary N) is 1. The van der Waals surface area contributed by atoms with E-state index in [2.05, 4.69) is 22.1 Å². The van der Waals surface area contributed by atoms with E-state index in [4.69, 9.17) is 17.3 Å². The Kier molecular flexibility index (Phi) is 4.94. The topological polar surface area (TPSA) is 68.0 Å². The van der Waals surface area contributed by atoms with Crippen LogP contribution in [0.2, 0.25) is 5.02 Å². The third kappa shape index (κ3) is 4.06. The van der Waals surface area contributed by atoms with Crippen LogP contribution in [0.1, 0.15) is 21.6 Å². The van der Waals surface area contributed by atoms with Crippen LogP contribution in [-0.2, 0) is 0 Å². The van der Waals surface area contributed by atoms with E-state index < -0.39 is 0 Å². The van der Waals surface area contributed by atoms with Crippen LogP contribution >= 0.6 is 11.6 Å². The van der Waals surface area contributed by atoms with Crippen LogP contribution in [0.25, 0.3) is 0 Å². The number of carbonyl (C=O) groups excluding carboxylic acids is 1. The van der Waals surface area contributed by atoms with Crippen LogP contribution < -0.4 is 11.1 Å². The number of amides is 1. The number of nitrogens with one attached hydrogen (secondary N) is 1. The van der Waals surface area contributed by atoms with Gasteiger partial charge in [-0.2, -0.15) is 0 Å². The molecule has 21 heavy (non-hydrogen) atoms. The highest BCUT2D eigenvalue weighted by Gasteiger charge is 2.11. The molecule has 4 nitrogen and oxygen atoms in total. The number of nitrogens with zero attached hydrogens (tertiary/aromatic N) is 1. The molecule has 0 unspecified atom stereocenters. The molecule has 0 bridgehead atoms.